The number of hydrogen-bond acceptors (Lipinski definition) is 7. The lowest BCUT2D eigenvalue weighted by atomic mass is 9.96. The number of halogens is 2. The molecule has 0 saturated carbocycles. The van der Waals surface area contributed by atoms with Gasteiger partial charge in [-0.15, -0.1) is 0 Å². The van der Waals surface area contributed by atoms with Crippen LogP contribution in [-0.2, 0) is 16.6 Å². The van der Waals surface area contributed by atoms with Gasteiger partial charge in [-0.2, -0.15) is 0 Å². The smallest absolute Gasteiger partial charge is 0.264 e. The molecule has 0 amide bonds. The Kier molecular flexibility index (Phi) is 7.91. The summed E-state index contributed by atoms with van der Waals surface area (Å²) in [4.78, 5) is 10.7. The predicted molar refractivity (Wildman–Crippen MR) is 168 cm³/mol. The molecule has 0 unspecified atom stereocenters. The molecule has 3 N–H and O–H groups in total. The highest BCUT2D eigenvalue weighted by Crippen LogP contribution is 2.35. The number of nitrogen functional groups attached to an aromatic ring is 1. The number of benzene rings is 3. The summed E-state index contributed by atoms with van der Waals surface area (Å²) in [5.41, 5.74) is 12.6. The molecule has 226 valence electrons. The van der Waals surface area contributed by atoms with Crippen molar-refractivity contribution >= 4 is 32.4 Å². The summed E-state index contributed by atoms with van der Waals surface area (Å²) in [7, 11) is -3.08. The van der Waals surface area contributed by atoms with E-state index in [-0.39, 0.29) is 11.6 Å². The fourth-order valence-corrected chi connectivity index (χ4v) is 6.76. The van der Waals surface area contributed by atoms with E-state index in [4.69, 9.17) is 10.5 Å². The van der Waals surface area contributed by atoms with Crippen molar-refractivity contribution < 1.29 is 21.9 Å². The van der Waals surface area contributed by atoms with Crippen molar-refractivity contribution in [2.45, 2.75) is 31.2 Å². The van der Waals surface area contributed by atoms with Crippen LogP contribution in [0, 0.1) is 18.6 Å². The molecule has 1 fully saturated rings. The molecule has 0 radical (unpaired) electrons. The second-order valence-corrected chi connectivity index (χ2v) is 12.6. The number of nitrogens with one attached hydrogen (secondary N) is 1. The first kappa shape index (κ1) is 29.5. The van der Waals surface area contributed by atoms with Crippen molar-refractivity contribution in [1.29, 1.82) is 0 Å². The maximum absolute atomic E-state index is 14.3. The number of rotatable bonds is 8. The third kappa shape index (κ3) is 5.93. The summed E-state index contributed by atoms with van der Waals surface area (Å²) in [6, 6.07) is 17.8. The normalized spacial score (nSPS) is 13.8. The summed E-state index contributed by atoms with van der Waals surface area (Å²) >= 11 is 0. The number of ether oxygens (including phenoxy) is 1. The fraction of sp³-hybridized carbons (Fsp3) is 0.212. The minimum absolute atomic E-state index is 0.00501. The van der Waals surface area contributed by atoms with Crippen LogP contribution in [0.15, 0.2) is 77.8 Å². The molecule has 11 heteroatoms. The Morgan fingerprint density at radius 1 is 0.955 bits per heavy atom. The zero-order valence-corrected chi connectivity index (χ0v) is 25.1. The van der Waals surface area contributed by atoms with Crippen LogP contribution in [0.3, 0.4) is 0 Å². The van der Waals surface area contributed by atoms with Gasteiger partial charge in [0, 0.05) is 35.3 Å². The minimum atomic E-state index is -4.42. The van der Waals surface area contributed by atoms with E-state index in [0.717, 1.165) is 59.4 Å². The van der Waals surface area contributed by atoms with Crippen LogP contribution in [0.1, 0.15) is 24.0 Å². The number of nitrogens with two attached hydrogens (primary N) is 1. The van der Waals surface area contributed by atoms with Crippen LogP contribution < -0.4 is 15.2 Å². The van der Waals surface area contributed by atoms with E-state index in [1.165, 1.54) is 25.5 Å². The van der Waals surface area contributed by atoms with Crippen molar-refractivity contribution in [3.8, 4) is 28.1 Å². The summed E-state index contributed by atoms with van der Waals surface area (Å²) in [5, 5.41) is 0.832. The number of hydrogen-bond donors (Lipinski definition) is 2. The molecule has 3 aromatic carbocycles. The van der Waals surface area contributed by atoms with Gasteiger partial charge >= 0.3 is 0 Å². The molecule has 8 nitrogen and oxygen atoms in total. The average Bonchev–Trinajstić information content (AvgIpc) is 3.49. The van der Waals surface area contributed by atoms with Crippen LogP contribution >= 0.6 is 0 Å². The molecule has 2 aromatic heterocycles. The summed E-state index contributed by atoms with van der Waals surface area (Å²) in [6.45, 7) is 5.28. The molecule has 6 rings (SSSR count). The van der Waals surface area contributed by atoms with Crippen molar-refractivity contribution in [3.63, 3.8) is 0 Å². The molecular formula is C33H31F2N5O3S. The van der Waals surface area contributed by atoms with E-state index in [0.29, 0.717) is 23.0 Å². The monoisotopic (exact) mass is 615 g/mol. The standard InChI is InChI=1S/C33H31F2N5O3S/c1-20-13-21(19-40-11-3-4-12-40)5-8-26(20)27-15-23-14-22(6-9-29(23)38-32(27)36)24-16-30(33(43-2)37-18-24)39-44(41,42)31-10-7-25(34)17-28(31)35/h5-10,13-18,39H,3-4,11-12,19H2,1-2H3,(H2,36,38). The first-order valence-electron chi connectivity index (χ1n) is 14.2. The number of likely N-dealkylation sites (tertiary alicyclic amines) is 1. The predicted octanol–water partition coefficient (Wildman–Crippen LogP) is 6.54. The average molecular weight is 616 g/mol. The van der Waals surface area contributed by atoms with Crippen LogP contribution in [0.2, 0.25) is 0 Å². The molecule has 0 atom stereocenters. The first-order chi connectivity index (χ1) is 21.1. The number of sulfonamides is 1. The molecular weight excluding hydrogens is 584 g/mol. The van der Waals surface area contributed by atoms with Crippen LogP contribution in [0.25, 0.3) is 33.2 Å². The first-order valence-corrected chi connectivity index (χ1v) is 15.6. The molecule has 5 aromatic rings. The van der Waals surface area contributed by atoms with E-state index in [1.807, 2.05) is 24.3 Å². The highest BCUT2D eigenvalue weighted by atomic mass is 32.2. The van der Waals surface area contributed by atoms with Crippen molar-refractivity contribution in [2.24, 2.45) is 0 Å². The second-order valence-electron chi connectivity index (χ2n) is 10.9. The Labute approximate surface area is 254 Å². The maximum Gasteiger partial charge on any atom is 0.264 e. The number of anilines is 2. The topological polar surface area (TPSA) is 110 Å². The molecule has 0 bridgehead atoms. The Hall–Kier alpha value is -4.61. The molecule has 1 aliphatic heterocycles. The second kappa shape index (κ2) is 11.8. The Balaban J connectivity index is 1.33. The Morgan fingerprint density at radius 2 is 1.75 bits per heavy atom. The van der Waals surface area contributed by atoms with Crippen LogP contribution in [-0.4, -0.2) is 43.5 Å². The lowest BCUT2D eigenvalue weighted by molar-refractivity contribution is 0.331. The highest BCUT2D eigenvalue weighted by molar-refractivity contribution is 7.92. The zero-order chi connectivity index (χ0) is 31.0. The van der Waals surface area contributed by atoms with Gasteiger partial charge in [0.15, 0.2) is 0 Å². The minimum Gasteiger partial charge on any atom is -0.480 e. The summed E-state index contributed by atoms with van der Waals surface area (Å²) in [5.74, 6) is -1.69. The van der Waals surface area contributed by atoms with Crippen molar-refractivity contribution in [1.82, 2.24) is 14.9 Å². The number of fused-ring (bicyclic) bond motifs is 1. The van der Waals surface area contributed by atoms with E-state index < -0.39 is 26.6 Å². The van der Waals surface area contributed by atoms with Gasteiger partial charge < -0.3 is 10.5 Å². The molecule has 44 heavy (non-hydrogen) atoms. The quantitative estimate of drug-likeness (QED) is 0.204. The number of aromatic nitrogens is 2. The maximum atomic E-state index is 14.3. The third-order valence-corrected chi connectivity index (χ3v) is 9.23. The van der Waals surface area contributed by atoms with Gasteiger partial charge in [0.05, 0.1) is 12.6 Å². The fourth-order valence-electron chi connectivity index (χ4n) is 5.65. The molecule has 0 spiro atoms. The van der Waals surface area contributed by atoms with Gasteiger partial charge in [0.1, 0.15) is 28.0 Å². The lowest BCUT2D eigenvalue weighted by Crippen LogP contribution is -2.18. The SMILES string of the molecule is COc1ncc(-c2ccc3nc(N)c(-c4ccc(CN5CCCC5)cc4C)cc3c2)cc1NS(=O)(=O)c1ccc(F)cc1F. The van der Waals surface area contributed by atoms with E-state index in [9.17, 15) is 17.2 Å². The van der Waals surface area contributed by atoms with Gasteiger partial charge in [-0.25, -0.2) is 27.2 Å². The third-order valence-electron chi connectivity index (χ3n) is 7.84. The number of methoxy groups -OCH3 is 1. The van der Waals surface area contributed by atoms with E-state index >= 15 is 0 Å². The molecule has 0 aliphatic carbocycles. The highest BCUT2D eigenvalue weighted by Gasteiger charge is 2.22. The summed E-state index contributed by atoms with van der Waals surface area (Å²) < 4.78 is 61.2. The largest absolute Gasteiger partial charge is 0.480 e. The zero-order valence-electron chi connectivity index (χ0n) is 24.3. The Bertz CT molecular complexity index is 2000. The van der Waals surface area contributed by atoms with Gasteiger partial charge in [-0.1, -0.05) is 24.3 Å². The van der Waals surface area contributed by atoms with E-state index in [1.54, 1.807) is 12.3 Å². The van der Waals surface area contributed by atoms with Crippen LogP contribution in [0.5, 0.6) is 5.88 Å². The number of nitrogens with zero attached hydrogens (tertiary/aromatic N) is 3. The van der Waals surface area contributed by atoms with Gasteiger partial charge in [0.2, 0.25) is 5.88 Å². The number of pyridine rings is 2. The van der Waals surface area contributed by atoms with Crippen molar-refractivity contribution in [2.75, 3.05) is 30.7 Å². The number of aryl methyl sites for hydroxylation is 1. The lowest BCUT2D eigenvalue weighted by Gasteiger charge is -2.17. The Morgan fingerprint density at radius 3 is 2.48 bits per heavy atom. The van der Waals surface area contributed by atoms with Crippen LogP contribution in [0.4, 0.5) is 20.3 Å². The van der Waals surface area contributed by atoms with Gasteiger partial charge in [-0.3, -0.25) is 9.62 Å². The van der Waals surface area contributed by atoms with Gasteiger partial charge in [-0.05, 0) is 91.5 Å². The van der Waals surface area contributed by atoms with Gasteiger partial charge in [0.25, 0.3) is 10.0 Å². The molecule has 3 heterocycles. The van der Waals surface area contributed by atoms with E-state index in [2.05, 4.69) is 44.7 Å². The molecule has 1 saturated heterocycles. The molecule has 1 aliphatic rings. The summed E-state index contributed by atoms with van der Waals surface area (Å²) in [6.07, 6.45) is 4.04. The van der Waals surface area contributed by atoms with Crippen molar-refractivity contribution in [3.05, 3.63) is 95.7 Å².